The maximum atomic E-state index is 5.34. The van der Waals surface area contributed by atoms with Crippen LogP contribution in [0.4, 0.5) is 0 Å². The van der Waals surface area contributed by atoms with E-state index in [1.807, 2.05) is 6.92 Å². The molecule has 1 atom stereocenters. The van der Waals surface area contributed by atoms with Gasteiger partial charge < -0.3 is 8.85 Å². The van der Waals surface area contributed by atoms with Gasteiger partial charge in [0.15, 0.2) is 0 Å². The summed E-state index contributed by atoms with van der Waals surface area (Å²) in [4.78, 5) is 0.229. The van der Waals surface area contributed by atoms with Crippen molar-refractivity contribution in [2.24, 2.45) is 0 Å². The van der Waals surface area contributed by atoms with Crippen LogP contribution in [0.5, 0.6) is 0 Å². The lowest BCUT2D eigenvalue weighted by Gasteiger charge is -2.28. The minimum atomic E-state index is -1.93. The Hall–Kier alpha value is 0.487. The van der Waals surface area contributed by atoms with Gasteiger partial charge in [0.05, 0.1) is 0 Å². The molecule has 0 aromatic carbocycles. The molecule has 0 radical (unpaired) electrons. The molecule has 0 N–H and O–H groups in total. The van der Waals surface area contributed by atoms with Gasteiger partial charge in [0.25, 0.3) is 0 Å². The molecule has 0 bridgehead atoms. The van der Waals surface area contributed by atoms with Gasteiger partial charge in [0.1, 0.15) is 0 Å². The second-order valence-corrected chi connectivity index (χ2v) is 7.52. The van der Waals surface area contributed by atoms with Crippen molar-refractivity contribution >= 4 is 21.2 Å². The van der Waals surface area contributed by atoms with Crippen LogP contribution in [0.15, 0.2) is 0 Å². The third kappa shape index (κ3) is 1.98. The summed E-state index contributed by atoms with van der Waals surface area (Å²) in [6.45, 7) is 4.10. The van der Waals surface area contributed by atoms with E-state index in [1.165, 1.54) is 0 Å². The predicted octanol–water partition coefficient (Wildman–Crippen LogP) is 1.60. The molecule has 0 rings (SSSR count). The van der Waals surface area contributed by atoms with Crippen molar-refractivity contribution in [1.29, 1.82) is 0 Å². The van der Waals surface area contributed by atoms with Crippen LogP contribution in [-0.2, 0) is 8.85 Å². The van der Waals surface area contributed by atoms with Crippen molar-refractivity contribution in [3.8, 4) is 0 Å². The zero-order valence-corrected chi connectivity index (χ0v) is 8.94. The molecule has 2 nitrogen and oxygen atoms in total. The molecule has 0 heterocycles. The van der Waals surface area contributed by atoms with E-state index in [0.29, 0.717) is 0 Å². The van der Waals surface area contributed by atoms with Crippen LogP contribution in [0.2, 0.25) is 6.04 Å². The minimum absolute atomic E-state index is 0.229. The molecule has 0 saturated heterocycles. The molecule has 0 aliphatic heterocycles. The summed E-state index contributed by atoms with van der Waals surface area (Å²) in [6, 6.07) is 0.949. The van der Waals surface area contributed by atoms with Crippen LogP contribution >= 0.6 is 12.6 Å². The van der Waals surface area contributed by atoms with E-state index < -0.39 is 8.56 Å². The number of rotatable bonds is 4. The van der Waals surface area contributed by atoms with E-state index in [4.69, 9.17) is 8.85 Å². The molecule has 0 aromatic rings. The zero-order valence-electron chi connectivity index (χ0n) is 7.05. The van der Waals surface area contributed by atoms with Crippen LogP contribution in [0.3, 0.4) is 0 Å². The van der Waals surface area contributed by atoms with E-state index in [1.54, 1.807) is 14.2 Å². The van der Waals surface area contributed by atoms with Crippen LogP contribution in [0.1, 0.15) is 13.8 Å². The highest BCUT2D eigenvalue weighted by Gasteiger charge is 2.37. The van der Waals surface area contributed by atoms with Gasteiger partial charge in [-0.1, -0.05) is 13.8 Å². The molecule has 0 saturated carbocycles. The van der Waals surface area contributed by atoms with Gasteiger partial charge in [0, 0.05) is 19.1 Å². The third-order valence-electron chi connectivity index (χ3n) is 1.82. The summed E-state index contributed by atoms with van der Waals surface area (Å²) < 4.78 is 10.7. The lowest BCUT2D eigenvalue weighted by atomic mass is 10.9. The molecule has 0 spiro atoms. The SMILES string of the molecule is CC[Si](OC)(OC)C(C)S. The van der Waals surface area contributed by atoms with E-state index in [0.717, 1.165) is 6.04 Å². The standard InChI is InChI=1S/C6H16O2SSi/c1-5-10(7-3,8-4)6(2)9/h6,9H,5H2,1-4H3. The number of hydrogen-bond donors (Lipinski definition) is 1. The highest BCUT2D eigenvalue weighted by atomic mass is 32.1. The Morgan fingerprint density at radius 1 is 1.40 bits per heavy atom. The molecule has 0 amide bonds. The first-order valence-electron chi connectivity index (χ1n) is 3.41. The van der Waals surface area contributed by atoms with Crippen LogP contribution in [0.25, 0.3) is 0 Å². The Balaban J connectivity index is 4.15. The van der Waals surface area contributed by atoms with Crippen LogP contribution < -0.4 is 0 Å². The van der Waals surface area contributed by atoms with E-state index >= 15 is 0 Å². The summed E-state index contributed by atoms with van der Waals surface area (Å²) in [5, 5.41) is 0. The van der Waals surface area contributed by atoms with Gasteiger partial charge in [0.2, 0.25) is 0 Å². The minimum Gasteiger partial charge on any atom is -0.397 e. The molecule has 62 valence electrons. The van der Waals surface area contributed by atoms with Crippen molar-refractivity contribution in [1.82, 2.24) is 0 Å². The fourth-order valence-corrected chi connectivity index (χ4v) is 4.21. The fourth-order valence-electron chi connectivity index (χ4n) is 1.01. The summed E-state index contributed by atoms with van der Waals surface area (Å²) in [6.07, 6.45) is 0. The Labute approximate surface area is 69.6 Å². The first kappa shape index (κ1) is 10.5. The molecule has 0 aromatic heterocycles. The van der Waals surface area contributed by atoms with Crippen molar-refractivity contribution in [2.45, 2.75) is 24.8 Å². The average Bonchev–Trinajstić information content (AvgIpc) is 1.92. The number of thiol groups is 1. The Bertz CT molecular complexity index is 85.5. The molecule has 0 aliphatic rings. The maximum absolute atomic E-state index is 5.34. The second-order valence-electron chi connectivity index (χ2n) is 2.25. The van der Waals surface area contributed by atoms with Gasteiger partial charge in [-0.2, -0.15) is 12.6 Å². The van der Waals surface area contributed by atoms with Crippen molar-refractivity contribution in [2.75, 3.05) is 14.2 Å². The van der Waals surface area contributed by atoms with E-state index in [2.05, 4.69) is 19.6 Å². The normalized spacial score (nSPS) is 15.3. The predicted molar refractivity (Wildman–Crippen MR) is 48.7 cm³/mol. The first-order valence-corrected chi connectivity index (χ1v) is 6.03. The van der Waals surface area contributed by atoms with Crippen molar-refractivity contribution in [3.05, 3.63) is 0 Å². The third-order valence-corrected chi connectivity index (χ3v) is 6.64. The van der Waals surface area contributed by atoms with Gasteiger partial charge in [-0.25, -0.2) is 0 Å². The molecule has 10 heavy (non-hydrogen) atoms. The van der Waals surface area contributed by atoms with Crippen molar-refractivity contribution < 1.29 is 8.85 Å². The maximum Gasteiger partial charge on any atom is 0.350 e. The van der Waals surface area contributed by atoms with Crippen molar-refractivity contribution in [3.63, 3.8) is 0 Å². The molecular weight excluding hydrogens is 164 g/mol. The van der Waals surface area contributed by atoms with Gasteiger partial charge in [-0.3, -0.25) is 0 Å². The summed E-state index contributed by atoms with van der Waals surface area (Å²) in [7, 11) is 1.47. The molecule has 4 heteroatoms. The van der Waals surface area contributed by atoms with Gasteiger partial charge >= 0.3 is 8.56 Å². The average molecular weight is 180 g/mol. The van der Waals surface area contributed by atoms with E-state index in [9.17, 15) is 0 Å². The first-order chi connectivity index (χ1) is 4.63. The Morgan fingerprint density at radius 2 is 1.80 bits per heavy atom. The van der Waals surface area contributed by atoms with Gasteiger partial charge in [-0.05, 0) is 6.04 Å². The Morgan fingerprint density at radius 3 is 1.80 bits per heavy atom. The fraction of sp³-hybridized carbons (Fsp3) is 1.00. The number of hydrogen-bond acceptors (Lipinski definition) is 3. The second kappa shape index (κ2) is 4.38. The highest BCUT2D eigenvalue weighted by molar-refractivity contribution is 7.83. The molecule has 0 aliphatic carbocycles. The summed E-state index contributed by atoms with van der Waals surface area (Å²) in [5.74, 6) is 0. The summed E-state index contributed by atoms with van der Waals surface area (Å²) >= 11 is 4.33. The Kier molecular flexibility index (Phi) is 4.60. The smallest absolute Gasteiger partial charge is 0.350 e. The van der Waals surface area contributed by atoms with E-state index in [-0.39, 0.29) is 4.87 Å². The van der Waals surface area contributed by atoms with Crippen LogP contribution in [0, 0.1) is 0 Å². The van der Waals surface area contributed by atoms with Crippen LogP contribution in [-0.4, -0.2) is 27.7 Å². The lowest BCUT2D eigenvalue weighted by Crippen LogP contribution is -2.47. The van der Waals surface area contributed by atoms with Gasteiger partial charge in [-0.15, -0.1) is 0 Å². The quantitative estimate of drug-likeness (QED) is 0.523. The summed E-state index contributed by atoms with van der Waals surface area (Å²) in [5.41, 5.74) is 0. The lowest BCUT2D eigenvalue weighted by molar-refractivity contribution is 0.242. The highest BCUT2D eigenvalue weighted by Crippen LogP contribution is 2.19. The zero-order chi connectivity index (χ0) is 8.20. The topological polar surface area (TPSA) is 18.5 Å². The molecule has 1 unspecified atom stereocenters. The molecular formula is C6H16O2SSi. The largest absolute Gasteiger partial charge is 0.397 e. The monoisotopic (exact) mass is 180 g/mol. The molecule has 0 fully saturated rings.